The minimum Gasteiger partial charge on any atom is -0.443 e. The van der Waals surface area contributed by atoms with Crippen LogP contribution in [-0.2, 0) is 22.3 Å². The molecule has 1 N–H and O–H groups in total. The standard InChI is InChI=1S/C19H28N2O4/c1-18(2,3)24-16(22)20-21(17(23)25-19(4,5)6)15-11-13-9-7-8-10-14(13)12-15/h7-10,15H,11-12H2,1-6H3,(H,20,22). The number of hydrazine groups is 1. The average molecular weight is 348 g/mol. The quantitative estimate of drug-likeness (QED) is 0.783. The molecule has 0 saturated carbocycles. The molecular formula is C19H28N2O4. The van der Waals surface area contributed by atoms with Crippen LogP contribution in [0.4, 0.5) is 9.59 Å². The van der Waals surface area contributed by atoms with Gasteiger partial charge in [0.05, 0.1) is 6.04 Å². The minimum atomic E-state index is -0.672. The highest BCUT2D eigenvalue weighted by molar-refractivity contribution is 5.75. The number of carbonyl (C=O) groups excluding carboxylic acids is 2. The highest BCUT2D eigenvalue weighted by Gasteiger charge is 2.35. The van der Waals surface area contributed by atoms with Gasteiger partial charge in [0.25, 0.3) is 0 Å². The number of amides is 2. The summed E-state index contributed by atoms with van der Waals surface area (Å²) in [5.74, 6) is 0. The second kappa shape index (κ2) is 6.94. The molecule has 6 nitrogen and oxygen atoms in total. The molecule has 1 aliphatic rings. The van der Waals surface area contributed by atoms with Crippen molar-refractivity contribution >= 4 is 12.2 Å². The van der Waals surface area contributed by atoms with Crippen molar-refractivity contribution in [1.29, 1.82) is 0 Å². The third-order valence-corrected chi connectivity index (χ3v) is 3.60. The lowest BCUT2D eigenvalue weighted by Gasteiger charge is -2.32. The van der Waals surface area contributed by atoms with Crippen LogP contribution < -0.4 is 5.43 Å². The fraction of sp³-hybridized carbons (Fsp3) is 0.579. The summed E-state index contributed by atoms with van der Waals surface area (Å²) in [6.45, 7) is 10.7. The minimum absolute atomic E-state index is 0.209. The summed E-state index contributed by atoms with van der Waals surface area (Å²) in [5, 5.41) is 1.26. The van der Waals surface area contributed by atoms with Gasteiger partial charge in [-0.15, -0.1) is 0 Å². The van der Waals surface area contributed by atoms with Crippen molar-refractivity contribution in [2.45, 2.75) is 71.6 Å². The van der Waals surface area contributed by atoms with Gasteiger partial charge in [0.15, 0.2) is 0 Å². The Morgan fingerprint density at radius 1 is 0.960 bits per heavy atom. The van der Waals surface area contributed by atoms with Crippen molar-refractivity contribution in [3.63, 3.8) is 0 Å². The molecule has 138 valence electrons. The molecule has 0 fully saturated rings. The maximum absolute atomic E-state index is 12.6. The van der Waals surface area contributed by atoms with Gasteiger partial charge >= 0.3 is 12.2 Å². The van der Waals surface area contributed by atoms with E-state index < -0.39 is 23.4 Å². The van der Waals surface area contributed by atoms with Crippen molar-refractivity contribution in [3.05, 3.63) is 35.4 Å². The van der Waals surface area contributed by atoms with Gasteiger partial charge in [-0.25, -0.2) is 20.0 Å². The summed E-state index contributed by atoms with van der Waals surface area (Å²) in [4.78, 5) is 24.8. The first-order chi connectivity index (χ1) is 11.4. The molecule has 0 heterocycles. The summed E-state index contributed by atoms with van der Waals surface area (Å²) in [7, 11) is 0. The number of fused-ring (bicyclic) bond motifs is 1. The van der Waals surface area contributed by atoms with Crippen molar-refractivity contribution in [3.8, 4) is 0 Å². The molecule has 0 aliphatic heterocycles. The molecule has 0 saturated heterocycles. The van der Waals surface area contributed by atoms with Crippen LogP contribution in [0.3, 0.4) is 0 Å². The third kappa shape index (κ3) is 5.66. The fourth-order valence-corrected chi connectivity index (χ4v) is 2.71. The van der Waals surface area contributed by atoms with Gasteiger partial charge in [-0.2, -0.15) is 0 Å². The molecule has 1 aliphatic carbocycles. The second-order valence-corrected chi connectivity index (χ2v) is 8.29. The van der Waals surface area contributed by atoms with E-state index in [9.17, 15) is 9.59 Å². The van der Waals surface area contributed by atoms with E-state index >= 15 is 0 Å². The van der Waals surface area contributed by atoms with E-state index in [0.29, 0.717) is 12.8 Å². The number of rotatable bonds is 1. The summed E-state index contributed by atoms with van der Waals surface area (Å²) < 4.78 is 10.7. The molecule has 2 amide bonds. The van der Waals surface area contributed by atoms with Crippen molar-refractivity contribution in [2.24, 2.45) is 0 Å². The van der Waals surface area contributed by atoms with Crippen LogP contribution in [0.15, 0.2) is 24.3 Å². The van der Waals surface area contributed by atoms with Crippen LogP contribution >= 0.6 is 0 Å². The van der Waals surface area contributed by atoms with Crippen LogP contribution in [0.25, 0.3) is 0 Å². The molecule has 6 heteroatoms. The largest absolute Gasteiger partial charge is 0.443 e. The topological polar surface area (TPSA) is 67.9 Å². The van der Waals surface area contributed by atoms with Gasteiger partial charge < -0.3 is 9.47 Å². The van der Waals surface area contributed by atoms with Gasteiger partial charge in [0.1, 0.15) is 11.2 Å². The van der Waals surface area contributed by atoms with Gasteiger partial charge in [-0.3, -0.25) is 0 Å². The Morgan fingerprint density at radius 3 is 1.88 bits per heavy atom. The molecule has 0 aromatic heterocycles. The molecule has 1 aromatic rings. The Morgan fingerprint density at radius 2 is 1.44 bits per heavy atom. The second-order valence-electron chi connectivity index (χ2n) is 8.29. The number of benzene rings is 1. The molecule has 0 bridgehead atoms. The molecule has 0 spiro atoms. The SMILES string of the molecule is CC(C)(C)OC(=O)NN(C(=O)OC(C)(C)C)C1Cc2ccccc2C1. The predicted octanol–water partition coefficient (Wildman–Crippen LogP) is 3.83. The highest BCUT2D eigenvalue weighted by atomic mass is 16.6. The van der Waals surface area contributed by atoms with Crippen LogP contribution in [0.5, 0.6) is 0 Å². The van der Waals surface area contributed by atoms with E-state index in [1.165, 1.54) is 16.1 Å². The molecular weight excluding hydrogens is 320 g/mol. The van der Waals surface area contributed by atoms with E-state index in [-0.39, 0.29) is 6.04 Å². The smallest absolute Gasteiger partial charge is 0.429 e. The Balaban J connectivity index is 2.15. The summed E-state index contributed by atoms with van der Waals surface area (Å²) in [5.41, 5.74) is 3.61. The van der Waals surface area contributed by atoms with Gasteiger partial charge in [-0.1, -0.05) is 24.3 Å². The maximum Gasteiger partial charge on any atom is 0.429 e. The monoisotopic (exact) mass is 348 g/mol. The number of nitrogens with one attached hydrogen (secondary N) is 1. The number of carbonyl (C=O) groups is 2. The van der Waals surface area contributed by atoms with E-state index in [0.717, 1.165) is 0 Å². The molecule has 1 aromatic carbocycles. The molecule has 0 radical (unpaired) electrons. The lowest BCUT2D eigenvalue weighted by molar-refractivity contribution is -0.00853. The number of hydrogen-bond donors (Lipinski definition) is 1. The van der Waals surface area contributed by atoms with Crippen molar-refractivity contribution < 1.29 is 19.1 Å². The summed E-state index contributed by atoms with van der Waals surface area (Å²) in [6.07, 6.45) is 0.0571. The van der Waals surface area contributed by atoms with E-state index in [1.54, 1.807) is 41.5 Å². The van der Waals surface area contributed by atoms with Crippen LogP contribution in [-0.4, -0.2) is 34.4 Å². The third-order valence-electron chi connectivity index (χ3n) is 3.60. The van der Waals surface area contributed by atoms with Crippen molar-refractivity contribution in [1.82, 2.24) is 10.4 Å². The first-order valence-corrected chi connectivity index (χ1v) is 8.53. The molecule has 25 heavy (non-hydrogen) atoms. The summed E-state index contributed by atoms with van der Waals surface area (Å²) in [6, 6.07) is 7.81. The summed E-state index contributed by atoms with van der Waals surface area (Å²) >= 11 is 0. The van der Waals surface area contributed by atoms with E-state index in [2.05, 4.69) is 5.43 Å². The zero-order valence-corrected chi connectivity index (χ0v) is 15.9. The number of hydrogen-bond acceptors (Lipinski definition) is 4. The van der Waals surface area contributed by atoms with Crippen LogP contribution in [0, 0.1) is 0 Å². The first-order valence-electron chi connectivity index (χ1n) is 8.53. The first kappa shape index (κ1) is 19.1. The highest BCUT2D eigenvalue weighted by Crippen LogP contribution is 2.26. The van der Waals surface area contributed by atoms with Crippen molar-refractivity contribution in [2.75, 3.05) is 0 Å². The number of ether oxygens (including phenoxy) is 2. The molecule has 2 rings (SSSR count). The Labute approximate surface area is 149 Å². The number of nitrogens with zero attached hydrogens (tertiary/aromatic N) is 1. The van der Waals surface area contributed by atoms with Gasteiger partial charge in [-0.05, 0) is 65.5 Å². The predicted molar refractivity (Wildman–Crippen MR) is 95.1 cm³/mol. The van der Waals surface area contributed by atoms with Crippen LogP contribution in [0.2, 0.25) is 0 Å². The van der Waals surface area contributed by atoms with E-state index in [1.807, 2.05) is 24.3 Å². The maximum atomic E-state index is 12.6. The Kier molecular flexibility index (Phi) is 5.30. The van der Waals surface area contributed by atoms with Crippen LogP contribution in [0.1, 0.15) is 52.7 Å². The zero-order valence-electron chi connectivity index (χ0n) is 15.9. The van der Waals surface area contributed by atoms with E-state index in [4.69, 9.17) is 9.47 Å². The molecule has 0 atom stereocenters. The normalized spacial score (nSPS) is 14.6. The lowest BCUT2D eigenvalue weighted by Crippen LogP contribution is -2.54. The van der Waals surface area contributed by atoms with Gasteiger partial charge in [0.2, 0.25) is 0 Å². The lowest BCUT2D eigenvalue weighted by atomic mass is 10.1. The van der Waals surface area contributed by atoms with Gasteiger partial charge in [0, 0.05) is 0 Å². The Bertz CT molecular complexity index is 619. The average Bonchev–Trinajstić information content (AvgIpc) is 2.84. The zero-order chi connectivity index (χ0) is 18.8. The Hall–Kier alpha value is -2.24. The molecule has 0 unspecified atom stereocenters. The fourth-order valence-electron chi connectivity index (χ4n) is 2.71.